The standard InChI is InChI=1S/C5H6Br2F3NO2/c6-1-3(7)2-11-13-4(12)5(8,9)10/h3,11H,1-2H2. The Balaban J connectivity index is 3.60. The minimum atomic E-state index is -4.96. The number of alkyl halides is 5. The average Bonchev–Trinajstić information content (AvgIpc) is 2.02. The van der Waals surface area contributed by atoms with Crippen molar-refractivity contribution in [1.82, 2.24) is 5.48 Å². The molecule has 8 heteroatoms. The molecule has 1 atom stereocenters. The van der Waals surface area contributed by atoms with E-state index in [1.165, 1.54) is 0 Å². The van der Waals surface area contributed by atoms with Gasteiger partial charge in [0.1, 0.15) is 0 Å². The summed E-state index contributed by atoms with van der Waals surface area (Å²) in [6, 6.07) is 0. The van der Waals surface area contributed by atoms with E-state index < -0.39 is 12.1 Å². The molecule has 3 nitrogen and oxygen atoms in total. The molecule has 78 valence electrons. The maximum absolute atomic E-state index is 11.5. The first-order chi connectivity index (χ1) is 5.88. The van der Waals surface area contributed by atoms with Crippen LogP contribution in [0.25, 0.3) is 0 Å². The number of halogens is 5. The first kappa shape index (κ1) is 13.2. The molecule has 0 aliphatic carbocycles. The van der Waals surface area contributed by atoms with Crippen molar-refractivity contribution in [3.63, 3.8) is 0 Å². The fourth-order valence-electron chi connectivity index (χ4n) is 0.310. The molecule has 0 spiro atoms. The van der Waals surface area contributed by atoms with E-state index in [0.717, 1.165) is 0 Å². The highest BCUT2D eigenvalue weighted by atomic mass is 79.9. The summed E-state index contributed by atoms with van der Waals surface area (Å²) < 4.78 is 34.6. The van der Waals surface area contributed by atoms with E-state index in [1.807, 2.05) is 5.48 Å². The normalized spacial score (nSPS) is 13.9. The molecule has 0 heterocycles. The van der Waals surface area contributed by atoms with Crippen LogP contribution in [-0.4, -0.2) is 28.8 Å². The number of rotatable bonds is 4. The lowest BCUT2D eigenvalue weighted by atomic mass is 10.5. The number of carbonyl (C=O) groups excluding carboxylic acids is 1. The summed E-state index contributed by atoms with van der Waals surface area (Å²) in [6.45, 7) is 0.0903. The van der Waals surface area contributed by atoms with Gasteiger partial charge >= 0.3 is 12.1 Å². The molecule has 0 radical (unpaired) electrons. The molecule has 13 heavy (non-hydrogen) atoms. The second kappa shape index (κ2) is 5.82. The maximum Gasteiger partial charge on any atom is 0.492 e. The van der Waals surface area contributed by atoms with E-state index in [1.54, 1.807) is 0 Å². The van der Waals surface area contributed by atoms with Gasteiger partial charge in [-0.05, 0) is 0 Å². The van der Waals surface area contributed by atoms with E-state index in [-0.39, 0.29) is 11.4 Å². The molecule has 0 aliphatic heterocycles. The highest BCUT2D eigenvalue weighted by Crippen LogP contribution is 2.15. The maximum atomic E-state index is 11.5. The first-order valence-corrected chi connectivity index (χ1v) is 5.12. The Morgan fingerprint density at radius 3 is 2.46 bits per heavy atom. The fourth-order valence-corrected chi connectivity index (χ4v) is 0.671. The Morgan fingerprint density at radius 2 is 2.08 bits per heavy atom. The van der Waals surface area contributed by atoms with Crippen LogP contribution in [0.4, 0.5) is 13.2 Å². The molecule has 0 saturated heterocycles. The van der Waals surface area contributed by atoms with E-state index in [2.05, 4.69) is 36.7 Å². The lowest BCUT2D eigenvalue weighted by molar-refractivity contribution is -0.206. The minimum Gasteiger partial charge on any atom is -0.364 e. The highest BCUT2D eigenvalue weighted by Gasteiger charge is 2.41. The van der Waals surface area contributed by atoms with Crippen LogP contribution < -0.4 is 5.48 Å². The first-order valence-electron chi connectivity index (χ1n) is 3.08. The van der Waals surface area contributed by atoms with Crippen molar-refractivity contribution >= 4 is 37.8 Å². The van der Waals surface area contributed by atoms with E-state index in [4.69, 9.17) is 0 Å². The number of hydrogen-bond donors (Lipinski definition) is 1. The molecule has 0 fully saturated rings. The number of hydrogen-bond acceptors (Lipinski definition) is 3. The van der Waals surface area contributed by atoms with Gasteiger partial charge in [0, 0.05) is 16.7 Å². The van der Waals surface area contributed by atoms with Crippen molar-refractivity contribution < 1.29 is 22.8 Å². The van der Waals surface area contributed by atoms with Gasteiger partial charge in [0.25, 0.3) is 0 Å². The van der Waals surface area contributed by atoms with Crippen LogP contribution in [0.1, 0.15) is 0 Å². The molecule has 0 aromatic carbocycles. The molecule has 0 aromatic rings. The Kier molecular flexibility index (Phi) is 5.90. The molecule has 0 saturated carbocycles. The third-order valence-corrected chi connectivity index (χ3v) is 3.17. The lowest BCUT2D eigenvalue weighted by Crippen LogP contribution is -2.34. The summed E-state index contributed by atoms with van der Waals surface area (Å²) in [7, 11) is 0. The quantitative estimate of drug-likeness (QED) is 0.631. The van der Waals surface area contributed by atoms with Crippen molar-refractivity contribution in [2.45, 2.75) is 11.0 Å². The molecule has 0 rings (SSSR count). The van der Waals surface area contributed by atoms with Crippen LogP contribution in [0.15, 0.2) is 0 Å². The number of hydroxylamine groups is 1. The third kappa shape index (κ3) is 6.28. The zero-order valence-electron chi connectivity index (χ0n) is 6.20. The average molecular weight is 329 g/mol. The summed E-state index contributed by atoms with van der Waals surface area (Å²) in [5.41, 5.74) is 1.90. The zero-order chi connectivity index (χ0) is 10.5. The van der Waals surface area contributed by atoms with Gasteiger partial charge in [0.2, 0.25) is 0 Å². The van der Waals surface area contributed by atoms with Gasteiger partial charge in [-0.25, -0.2) is 4.79 Å². The van der Waals surface area contributed by atoms with Gasteiger partial charge < -0.3 is 4.84 Å². The summed E-state index contributed by atoms with van der Waals surface area (Å²) in [5, 5.41) is 0.531. The Morgan fingerprint density at radius 1 is 1.54 bits per heavy atom. The van der Waals surface area contributed by atoms with Gasteiger partial charge in [-0.3, -0.25) is 0 Å². The molecule has 0 aromatic heterocycles. The van der Waals surface area contributed by atoms with Crippen LogP contribution >= 0.6 is 31.9 Å². The SMILES string of the molecule is O=C(ONCC(Br)CBr)C(F)(F)F. The largest absolute Gasteiger partial charge is 0.492 e. The van der Waals surface area contributed by atoms with Gasteiger partial charge in [-0.2, -0.15) is 18.7 Å². The molecule has 0 aliphatic rings. The van der Waals surface area contributed by atoms with Crippen molar-refractivity contribution in [3.8, 4) is 0 Å². The zero-order valence-corrected chi connectivity index (χ0v) is 9.37. The van der Waals surface area contributed by atoms with E-state index in [0.29, 0.717) is 5.33 Å². The van der Waals surface area contributed by atoms with Crippen LogP contribution in [0.3, 0.4) is 0 Å². The molecule has 0 amide bonds. The van der Waals surface area contributed by atoms with Gasteiger partial charge in [-0.15, -0.1) is 0 Å². The number of carbonyl (C=O) groups is 1. The number of nitrogens with one attached hydrogen (secondary N) is 1. The predicted molar refractivity (Wildman–Crippen MR) is 46.7 cm³/mol. The van der Waals surface area contributed by atoms with Crippen molar-refractivity contribution in [2.24, 2.45) is 0 Å². The van der Waals surface area contributed by atoms with Crippen molar-refractivity contribution in [2.75, 3.05) is 11.9 Å². The topological polar surface area (TPSA) is 38.3 Å². The van der Waals surface area contributed by atoms with Gasteiger partial charge in [0.15, 0.2) is 0 Å². The Bertz CT molecular complexity index is 176. The highest BCUT2D eigenvalue weighted by molar-refractivity contribution is 9.12. The summed E-state index contributed by atoms with van der Waals surface area (Å²) >= 11 is 6.17. The minimum absolute atomic E-state index is 0.0903. The van der Waals surface area contributed by atoms with Crippen LogP contribution in [0.2, 0.25) is 0 Å². The molecular formula is C5H6Br2F3NO2. The summed E-state index contributed by atoms with van der Waals surface area (Å²) in [5.74, 6) is -2.25. The van der Waals surface area contributed by atoms with Gasteiger partial charge in [0.05, 0.1) is 0 Å². The van der Waals surface area contributed by atoms with Crippen molar-refractivity contribution in [1.29, 1.82) is 0 Å². The molecule has 0 bridgehead atoms. The summed E-state index contributed by atoms with van der Waals surface area (Å²) in [4.78, 5) is 13.7. The Labute approximate surface area is 89.2 Å². The predicted octanol–water partition coefficient (Wildman–Crippen LogP) is 1.75. The van der Waals surface area contributed by atoms with Crippen LogP contribution in [0, 0.1) is 0 Å². The molecular weight excluding hydrogens is 323 g/mol. The van der Waals surface area contributed by atoms with Crippen LogP contribution in [-0.2, 0) is 9.63 Å². The Hall–Kier alpha value is 0.180. The van der Waals surface area contributed by atoms with Gasteiger partial charge in [-0.1, -0.05) is 31.9 Å². The van der Waals surface area contributed by atoms with Crippen molar-refractivity contribution in [3.05, 3.63) is 0 Å². The lowest BCUT2D eigenvalue weighted by Gasteiger charge is -2.09. The fraction of sp³-hybridized carbons (Fsp3) is 0.800. The third-order valence-electron chi connectivity index (χ3n) is 0.869. The van der Waals surface area contributed by atoms with Crippen LogP contribution in [0.5, 0.6) is 0 Å². The monoisotopic (exact) mass is 327 g/mol. The smallest absolute Gasteiger partial charge is 0.364 e. The van der Waals surface area contributed by atoms with E-state index in [9.17, 15) is 18.0 Å². The van der Waals surface area contributed by atoms with E-state index >= 15 is 0 Å². The molecule has 1 unspecified atom stereocenters. The second-order valence-corrected chi connectivity index (χ2v) is 3.93. The summed E-state index contributed by atoms with van der Waals surface area (Å²) in [6.07, 6.45) is -4.96. The second-order valence-electron chi connectivity index (χ2n) is 1.99. The molecule has 1 N–H and O–H groups in total.